The molecule has 0 fully saturated rings. The lowest BCUT2D eigenvalue weighted by Gasteiger charge is -2.21. The van der Waals surface area contributed by atoms with Gasteiger partial charge in [0, 0.05) is 13.1 Å². The highest BCUT2D eigenvalue weighted by atomic mass is 16.4. The van der Waals surface area contributed by atoms with Gasteiger partial charge >= 0.3 is 5.97 Å². The summed E-state index contributed by atoms with van der Waals surface area (Å²) in [5.41, 5.74) is 0.212. The van der Waals surface area contributed by atoms with E-state index in [0.29, 0.717) is 5.82 Å². The summed E-state index contributed by atoms with van der Waals surface area (Å²) in [7, 11) is 1.60. The Balaban J connectivity index is 2.96. The molecule has 0 bridgehead atoms. The third kappa shape index (κ3) is 2.40. The molecule has 1 unspecified atom stereocenters. The summed E-state index contributed by atoms with van der Waals surface area (Å²) in [4.78, 5) is 19.8. The van der Waals surface area contributed by atoms with Gasteiger partial charge in [0.15, 0.2) is 0 Å². The van der Waals surface area contributed by atoms with Gasteiger partial charge in [-0.05, 0) is 6.92 Å². The first-order valence-electron chi connectivity index (χ1n) is 4.24. The number of aromatic nitrogens is 2. The highest BCUT2D eigenvalue weighted by Gasteiger charge is 2.18. The summed E-state index contributed by atoms with van der Waals surface area (Å²) < 4.78 is 0. The second-order valence-corrected chi connectivity index (χ2v) is 3.00. The van der Waals surface area contributed by atoms with Crippen molar-refractivity contribution < 1.29 is 9.90 Å². The molecule has 1 N–H and O–H groups in total. The minimum absolute atomic E-state index is 0.212. The lowest BCUT2D eigenvalue weighted by molar-refractivity contribution is -0.138. The van der Waals surface area contributed by atoms with Gasteiger partial charge in [-0.15, -0.1) is 0 Å². The SMILES string of the molecule is CC(C(=O)O)N(C)c1cc(C#N)ncn1. The van der Waals surface area contributed by atoms with Crippen molar-refractivity contribution in [1.29, 1.82) is 5.26 Å². The molecule has 0 aliphatic carbocycles. The van der Waals surface area contributed by atoms with Crippen molar-refractivity contribution in [2.75, 3.05) is 11.9 Å². The number of nitriles is 1. The van der Waals surface area contributed by atoms with E-state index in [1.807, 2.05) is 6.07 Å². The average molecular weight is 206 g/mol. The molecule has 1 aromatic rings. The smallest absolute Gasteiger partial charge is 0.326 e. The number of rotatable bonds is 3. The molecule has 0 saturated carbocycles. The minimum atomic E-state index is -0.949. The van der Waals surface area contributed by atoms with Crippen LogP contribution in [0.5, 0.6) is 0 Å². The molecule has 1 heterocycles. The molecule has 0 amide bonds. The Labute approximate surface area is 86.8 Å². The number of aliphatic carboxylic acids is 1. The molecule has 1 atom stereocenters. The zero-order chi connectivity index (χ0) is 11.4. The van der Waals surface area contributed by atoms with Crippen LogP contribution in [0.15, 0.2) is 12.4 Å². The van der Waals surface area contributed by atoms with Crippen LogP contribution < -0.4 is 4.90 Å². The summed E-state index contributed by atoms with van der Waals surface area (Å²) in [5.74, 6) is -0.536. The van der Waals surface area contributed by atoms with Crippen molar-refractivity contribution >= 4 is 11.8 Å². The Bertz CT molecular complexity index is 413. The zero-order valence-corrected chi connectivity index (χ0v) is 8.38. The van der Waals surface area contributed by atoms with E-state index in [-0.39, 0.29) is 5.69 Å². The van der Waals surface area contributed by atoms with Gasteiger partial charge in [0.25, 0.3) is 0 Å². The molecule has 0 aliphatic rings. The van der Waals surface area contributed by atoms with E-state index >= 15 is 0 Å². The van der Waals surface area contributed by atoms with E-state index < -0.39 is 12.0 Å². The average Bonchev–Trinajstić information content (AvgIpc) is 2.27. The molecule has 0 radical (unpaired) electrons. The topological polar surface area (TPSA) is 90.1 Å². The summed E-state index contributed by atoms with van der Waals surface area (Å²) >= 11 is 0. The molecule has 0 aliphatic heterocycles. The molecule has 1 aromatic heterocycles. The third-order valence-corrected chi connectivity index (χ3v) is 2.07. The minimum Gasteiger partial charge on any atom is -0.480 e. The Morgan fingerprint density at radius 1 is 1.67 bits per heavy atom. The molecule has 78 valence electrons. The van der Waals surface area contributed by atoms with Crippen LogP contribution in [0.3, 0.4) is 0 Å². The Hall–Kier alpha value is -2.16. The van der Waals surface area contributed by atoms with Gasteiger partial charge in [0.1, 0.15) is 30.0 Å². The number of hydrogen-bond acceptors (Lipinski definition) is 5. The molecular formula is C9H10N4O2. The number of hydrogen-bond donors (Lipinski definition) is 1. The van der Waals surface area contributed by atoms with Crippen LogP contribution in [0.4, 0.5) is 5.82 Å². The monoisotopic (exact) mass is 206 g/mol. The van der Waals surface area contributed by atoms with Gasteiger partial charge < -0.3 is 10.0 Å². The van der Waals surface area contributed by atoms with E-state index in [9.17, 15) is 4.79 Å². The molecule has 15 heavy (non-hydrogen) atoms. The van der Waals surface area contributed by atoms with Gasteiger partial charge in [-0.2, -0.15) is 5.26 Å². The summed E-state index contributed by atoms with van der Waals surface area (Å²) in [6.45, 7) is 1.54. The van der Waals surface area contributed by atoms with Crippen LogP contribution in [0, 0.1) is 11.3 Å². The van der Waals surface area contributed by atoms with Crippen molar-refractivity contribution in [3.05, 3.63) is 18.1 Å². The van der Waals surface area contributed by atoms with Crippen molar-refractivity contribution in [3.8, 4) is 6.07 Å². The summed E-state index contributed by atoms with van der Waals surface area (Å²) in [6, 6.07) is 2.61. The first-order chi connectivity index (χ1) is 7.06. The molecule has 6 heteroatoms. The number of anilines is 1. The van der Waals surface area contributed by atoms with Crippen LogP contribution in [0.2, 0.25) is 0 Å². The summed E-state index contributed by atoms with van der Waals surface area (Å²) in [6.07, 6.45) is 1.24. The fourth-order valence-electron chi connectivity index (χ4n) is 0.965. The second kappa shape index (κ2) is 4.37. The first kappa shape index (κ1) is 10.9. The standard InChI is InChI=1S/C9H10N4O2/c1-6(9(14)15)13(2)8-3-7(4-10)11-5-12-8/h3,5-6H,1-2H3,(H,14,15). The Morgan fingerprint density at radius 3 is 2.87 bits per heavy atom. The van der Waals surface area contributed by atoms with Crippen LogP contribution in [0.1, 0.15) is 12.6 Å². The van der Waals surface area contributed by atoms with Gasteiger partial charge in [-0.1, -0.05) is 0 Å². The van der Waals surface area contributed by atoms with E-state index in [4.69, 9.17) is 10.4 Å². The molecule has 0 saturated heterocycles. The highest BCUT2D eigenvalue weighted by molar-refractivity contribution is 5.76. The number of carboxylic acid groups (broad SMARTS) is 1. The molecule has 1 rings (SSSR count). The predicted octanol–water partition coefficient (Wildman–Crippen LogP) is 0.258. The molecule has 6 nitrogen and oxygen atoms in total. The van der Waals surface area contributed by atoms with E-state index in [1.54, 1.807) is 7.05 Å². The lowest BCUT2D eigenvalue weighted by Crippen LogP contribution is -2.36. The number of carbonyl (C=O) groups is 1. The second-order valence-electron chi connectivity index (χ2n) is 3.00. The zero-order valence-electron chi connectivity index (χ0n) is 8.38. The van der Waals surface area contributed by atoms with Crippen LogP contribution >= 0.6 is 0 Å². The van der Waals surface area contributed by atoms with Crippen LogP contribution in [-0.4, -0.2) is 34.1 Å². The molecule has 0 aromatic carbocycles. The quantitative estimate of drug-likeness (QED) is 0.762. The molecular weight excluding hydrogens is 196 g/mol. The molecule has 0 spiro atoms. The third-order valence-electron chi connectivity index (χ3n) is 2.07. The predicted molar refractivity (Wildman–Crippen MR) is 52.2 cm³/mol. The highest BCUT2D eigenvalue weighted by Crippen LogP contribution is 2.11. The van der Waals surface area contributed by atoms with E-state index in [2.05, 4.69) is 9.97 Å². The van der Waals surface area contributed by atoms with Gasteiger partial charge in [0.2, 0.25) is 0 Å². The van der Waals surface area contributed by atoms with Gasteiger partial charge in [-0.25, -0.2) is 14.8 Å². The van der Waals surface area contributed by atoms with Crippen LogP contribution in [-0.2, 0) is 4.79 Å². The normalized spacial score (nSPS) is 11.5. The maximum absolute atomic E-state index is 10.7. The number of likely N-dealkylation sites (N-methyl/N-ethyl adjacent to an activating group) is 1. The fourth-order valence-corrected chi connectivity index (χ4v) is 0.965. The van der Waals surface area contributed by atoms with Crippen molar-refractivity contribution in [1.82, 2.24) is 9.97 Å². The largest absolute Gasteiger partial charge is 0.480 e. The summed E-state index contributed by atoms with van der Waals surface area (Å²) in [5, 5.41) is 17.4. The first-order valence-corrected chi connectivity index (χ1v) is 4.24. The lowest BCUT2D eigenvalue weighted by atomic mass is 10.3. The number of nitrogens with zero attached hydrogens (tertiary/aromatic N) is 4. The van der Waals surface area contributed by atoms with Gasteiger partial charge in [0.05, 0.1) is 0 Å². The Morgan fingerprint density at radius 2 is 2.33 bits per heavy atom. The van der Waals surface area contributed by atoms with Crippen molar-refractivity contribution in [3.63, 3.8) is 0 Å². The maximum atomic E-state index is 10.7. The maximum Gasteiger partial charge on any atom is 0.326 e. The Kier molecular flexibility index (Phi) is 3.18. The van der Waals surface area contributed by atoms with Crippen molar-refractivity contribution in [2.24, 2.45) is 0 Å². The van der Waals surface area contributed by atoms with Crippen LogP contribution in [0.25, 0.3) is 0 Å². The fraction of sp³-hybridized carbons (Fsp3) is 0.333. The van der Waals surface area contributed by atoms with Gasteiger partial charge in [-0.3, -0.25) is 0 Å². The number of carboxylic acids is 1. The van der Waals surface area contributed by atoms with E-state index in [0.717, 1.165) is 0 Å². The van der Waals surface area contributed by atoms with Crippen molar-refractivity contribution in [2.45, 2.75) is 13.0 Å². The van der Waals surface area contributed by atoms with E-state index in [1.165, 1.54) is 24.2 Å².